The number of aliphatic carboxylic acids is 1. The Morgan fingerprint density at radius 3 is 2.79 bits per heavy atom. The number of aromatic nitrogens is 2. The van der Waals surface area contributed by atoms with Crippen LogP contribution in [0, 0.1) is 0 Å². The topological polar surface area (TPSA) is 98.5 Å². The molecule has 7 heteroatoms. The third-order valence-electron chi connectivity index (χ3n) is 2.91. The molecule has 0 saturated carbocycles. The molecule has 7 nitrogen and oxygen atoms in total. The van der Waals surface area contributed by atoms with Crippen LogP contribution in [0.1, 0.15) is 46.3 Å². The van der Waals surface area contributed by atoms with E-state index in [1.165, 1.54) is 4.68 Å². The summed E-state index contributed by atoms with van der Waals surface area (Å²) in [5.41, 5.74) is 0.676. The molecule has 0 saturated heterocycles. The predicted molar refractivity (Wildman–Crippen MR) is 63.1 cm³/mol. The summed E-state index contributed by atoms with van der Waals surface area (Å²) in [4.78, 5) is 34.4. The van der Waals surface area contributed by atoms with Crippen molar-refractivity contribution in [1.82, 2.24) is 9.78 Å². The van der Waals surface area contributed by atoms with Gasteiger partial charge in [0.1, 0.15) is 6.54 Å². The number of ether oxygens (including phenoxy) is 1. The maximum Gasteiger partial charge on any atom is 0.359 e. The van der Waals surface area contributed by atoms with Gasteiger partial charge in [0.05, 0.1) is 17.9 Å². The van der Waals surface area contributed by atoms with Gasteiger partial charge in [-0.05, 0) is 19.8 Å². The van der Waals surface area contributed by atoms with E-state index in [0.717, 1.165) is 0 Å². The number of hydrogen-bond acceptors (Lipinski definition) is 5. The van der Waals surface area contributed by atoms with E-state index in [4.69, 9.17) is 9.84 Å². The van der Waals surface area contributed by atoms with Gasteiger partial charge in [-0.25, -0.2) is 4.79 Å². The van der Waals surface area contributed by atoms with Crippen molar-refractivity contribution in [2.24, 2.45) is 0 Å². The van der Waals surface area contributed by atoms with E-state index in [9.17, 15) is 14.4 Å². The number of Topliss-reactive ketones (excluding diaryl/α,β-unsaturated/α-hetero) is 1. The number of esters is 1. The highest BCUT2D eigenvalue weighted by Gasteiger charge is 2.31. The molecule has 0 unspecified atom stereocenters. The SMILES string of the molecule is CCOC(=O)c1nn(CC(=O)O)c2c1C(=O)CCC2. The first-order chi connectivity index (χ1) is 9.04. The molecule has 102 valence electrons. The molecule has 19 heavy (non-hydrogen) atoms. The monoisotopic (exact) mass is 266 g/mol. The van der Waals surface area contributed by atoms with Crippen molar-refractivity contribution >= 4 is 17.7 Å². The highest BCUT2D eigenvalue weighted by molar-refractivity contribution is 6.06. The molecule has 1 aliphatic carbocycles. The lowest BCUT2D eigenvalue weighted by atomic mass is 9.94. The maximum atomic E-state index is 11.9. The Hall–Kier alpha value is -2.18. The van der Waals surface area contributed by atoms with Gasteiger partial charge in [0, 0.05) is 6.42 Å². The van der Waals surface area contributed by atoms with E-state index in [0.29, 0.717) is 25.0 Å². The Morgan fingerprint density at radius 2 is 2.16 bits per heavy atom. The molecule has 1 aromatic heterocycles. The molecule has 1 aliphatic rings. The Bertz CT molecular complexity index is 547. The van der Waals surface area contributed by atoms with Crippen LogP contribution in [-0.2, 0) is 22.5 Å². The van der Waals surface area contributed by atoms with Gasteiger partial charge in [-0.2, -0.15) is 5.10 Å². The molecule has 0 radical (unpaired) electrons. The van der Waals surface area contributed by atoms with Crippen molar-refractivity contribution < 1.29 is 24.2 Å². The second kappa shape index (κ2) is 5.21. The second-order valence-electron chi connectivity index (χ2n) is 4.22. The summed E-state index contributed by atoms with van der Waals surface area (Å²) in [5.74, 6) is -1.93. The van der Waals surface area contributed by atoms with Gasteiger partial charge in [0.25, 0.3) is 0 Å². The first-order valence-electron chi connectivity index (χ1n) is 6.06. The molecule has 0 spiro atoms. The zero-order valence-corrected chi connectivity index (χ0v) is 10.5. The summed E-state index contributed by atoms with van der Waals surface area (Å²) in [7, 11) is 0. The summed E-state index contributed by atoms with van der Waals surface area (Å²) in [6, 6.07) is 0. The second-order valence-corrected chi connectivity index (χ2v) is 4.22. The highest BCUT2D eigenvalue weighted by Crippen LogP contribution is 2.25. The molecule has 0 amide bonds. The lowest BCUT2D eigenvalue weighted by Gasteiger charge is -2.12. The number of nitrogens with zero attached hydrogens (tertiary/aromatic N) is 2. The van der Waals surface area contributed by atoms with E-state index in [1.807, 2.05) is 0 Å². The predicted octanol–water partition coefficient (Wildman–Crippen LogP) is 0.663. The number of ketones is 1. The zero-order chi connectivity index (χ0) is 14.0. The van der Waals surface area contributed by atoms with Gasteiger partial charge in [-0.1, -0.05) is 0 Å². The van der Waals surface area contributed by atoms with Gasteiger partial charge >= 0.3 is 11.9 Å². The van der Waals surface area contributed by atoms with Crippen molar-refractivity contribution in [3.05, 3.63) is 17.0 Å². The number of fused-ring (bicyclic) bond motifs is 1. The van der Waals surface area contributed by atoms with Gasteiger partial charge in [-0.3, -0.25) is 14.3 Å². The molecule has 1 aromatic rings. The van der Waals surface area contributed by atoms with Crippen LogP contribution in [0.25, 0.3) is 0 Å². The lowest BCUT2D eigenvalue weighted by Crippen LogP contribution is -2.17. The summed E-state index contributed by atoms with van der Waals surface area (Å²) >= 11 is 0. The molecular formula is C12H14N2O5. The van der Waals surface area contributed by atoms with Crippen LogP contribution in [0.5, 0.6) is 0 Å². The van der Waals surface area contributed by atoms with Crippen LogP contribution in [0.2, 0.25) is 0 Å². The highest BCUT2D eigenvalue weighted by atomic mass is 16.5. The van der Waals surface area contributed by atoms with E-state index < -0.39 is 11.9 Å². The van der Waals surface area contributed by atoms with Gasteiger partial charge < -0.3 is 9.84 Å². The molecule has 1 heterocycles. The molecule has 2 rings (SSSR count). The largest absolute Gasteiger partial charge is 0.480 e. The minimum absolute atomic E-state index is 0.0669. The van der Waals surface area contributed by atoms with Crippen LogP contribution in [0.4, 0.5) is 0 Å². The Morgan fingerprint density at radius 1 is 1.42 bits per heavy atom. The van der Waals surface area contributed by atoms with Gasteiger partial charge in [-0.15, -0.1) is 0 Å². The summed E-state index contributed by atoms with van der Waals surface area (Å²) in [5, 5.41) is 12.8. The van der Waals surface area contributed by atoms with E-state index >= 15 is 0 Å². The van der Waals surface area contributed by atoms with Crippen molar-refractivity contribution in [3.8, 4) is 0 Å². The normalized spacial score (nSPS) is 14.1. The van der Waals surface area contributed by atoms with E-state index in [2.05, 4.69) is 5.10 Å². The Labute approximate surface area is 109 Å². The minimum atomic E-state index is -1.07. The van der Waals surface area contributed by atoms with E-state index in [1.54, 1.807) is 6.92 Å². The fourth-order valence-corrected chi connectivity index (χ4v) is 2.19. The van der Waals surface area contributed by atoms with Crippen LogP contribution in [0.15, 0.2) is 0 Å². The van der Waals surface area contributed by atoms with Gasteiger partial charge in [0.2, 0.25) is 0 Å². The summed E-state index contributed by atoms with van der Waals surface area (Å²) in [6.07, 6.45) is 1.53. The molecular weight excluding hydrogens is 252 g/mol. The van der Waals surface area contributed by atoms with Crippen molar-refractivity contribution in [1.29, 1.82) is 0 Å². The number of carbonyl (C=O) groups excluding carboxylic acids is 2. The number of hydrogen-bond donors (Lipinski definition) is 1. The molecule has 0 bridgehead atoms. The van der Waals surface area contributed by atoms with Crippen molar-refractivity contribution in [3.63, 3.8) is 0 Å². The number of rotatable bonds is 4. The molecule has 0 fully saturated rings. The van der Waals surface area contributed by atoms with Crippen molar-refractivity contribution in [2.45, 2.75) is 32.7 Å². The van der Waals surface area contributed by atoms with Crippen LogP contribution < -0.4 is 0 Å². The van der Waals surface area contributed by atoms with Crippen molar-refractivity contribution in [2.75, 3.05) is 6.61 Å². The first kappa shape index (κ1) is 13.3. The third kappa shape index (κ3) is 2.49. The minimum Gasteiger partial charge on any atom is -0.480 e. The maximum absolute atomic E-state index is 11.9. The van der Waals surface area contributed by atoms with Crippen LogP contribution in [0.3, 0.4) is 0 Å². The Kier molecular flexibility index (Phi) is 3.64. The average Bonchev–Trinajstić information content (AvgIpc) is 2.69. The molecule has 0 aliphatic heterocycles. The molecule has 0 aromatic carbocycles. The molecule has 1 N–H and O–H groups in total. The number of carboxylic acids is 1. The van der Waals surface area contributed by atoms with Gasteiger partial charge in [0.15, 0.2) is 11.5 Å². The van der Waals surface area contributed by atoms with Crippen LogP contribution in [-0.4, -0.2) is 39.2 Å². The number of carbonyl (C=O) groups is 3. The zero-order valence-electron chi connectivity index (χ0n) is 10.5. The summed E-state index contributed by atoms with van der Waals surface area (Å²) in [6.45, 7) is 1.46. The summed E-state index contributed by atoms with van der Waals surface area (Å²) < 4.78 is 6.06. The third-order valence-corrected chi connectivity index (χ3v) is 2.91. The number of carboxylic acid groups (broad SMARTS) is 1. The first-order valence-corrected chi connectivity index (χ1v) is 6.06. The quantitative estimate of drug-likeness (QED) is 0.804. The average molecular weight is 266 g/mol. The smallest absolute Gasteiger partial charge is 0.359 e. The van der Waals surface area contributed by atoms with Crippen LogP contribution >= 0.6 is 0 Å². The lowest BCUT2D eigenvalue weighted by molar-refractivity contribution is -0.137. The fourth-order valence-electron chi connectivity index (χ4n) is 2.19. The van der Waals surface area contributed by atoms with E-state index in [-0.39, 0.29) is 30.2 Å². The molecule has 0 atom stereocenters. The standard InChI is InChI=1S/C12H14N2O5/c1-2-19-12(18)11-10-7(4-3-5-8(10)15)14(13-11)6-9(16)17/h2-6H2,1H3,(H,16,17). The Balaban J connectivity index is 2.48. The fraction of sp³-hybridized carbons (Fsp3) is 0.500.